The molecule has 0 aliphatic heterocycles. The second-order valence-electron chi connectivity index (χ2n) is 4.34. The average molecular weight is 238 g/mol. The smallest absolute Gasteiger partial charge is 0.167 e. The largest absolute Gasteiger partial charge is 0.399 e. The Kier molecular flexibility index (Phi) is 2.52. The maximum Gasteiger partial charge on any atom is 0.167 e. The van der Waals surface area contributed by atoms with Gasteiger partial charge in [-0.1, -0.05) is 30.3 Å². The molecule has 3 rings (SSSR count). The van der Waals surface area contributed by atoms with Crippen LogP contribution in [0, 0.1) is 0 Å². The molecular formula is C15H14N2O. The number of hydrogen-bond donors (Lipinski definition) is 1. The van der Waals surface area contributed by atoms with E-state index < -0.39 is 0 Å². The summed E-state index contributed by atoms with van der Waals surface area (Å²) in [5.74, 6) is 0. The van der Waals surface area contributed by atoms with Gasteiger partial charge in [0.15, 0.2) is 5.58 Å². The molecule has 0 saturated heterocycles. The lowest BCUT2D eigenvalue weighted by atomic mass is 10.0. The molecule has 0 radical (unpaired) electrons. The van der Waals surface area contributed by atoms with E-state index in [1.807, 2.05) is 30.3 Å². The molecule has 2 N–H and O–H groups in total. The third kappa shape index (κ3) is 1.74. The molecule has 0 aliphatic rings. The van der Waals surface area contributed by atoms with Crippen LogP contribution in [0.1, 0.15) is 12.5 Å². The summed E-state index contributed by atoms with van der Waals surface area (Å²) in [5.41, 5.74) is 10.4. The molecular weight excluding hydrogens is 224 g/mol. The quantitative estimate of drug-likeness (QED) is 0.693. The molecule has 2 aromatic carbocycles. The number of aryl methyl sites for hydroxylation is 1. The Bertz CT molecular complexity index is 683. The highest BCUT2D eigenvalue weighted by atomic mass is 16.5. The van der Waals surface area contributed by atoms with Crippen LogP contribution in [0.4, 0.5) is 5.69 Å². The van der Waals surface area contributed by atoms with Gasteiger partial charge in [-0.3, -0.25) is 0 Å². The number of nitrogens with zero attached hydrogens (tertiary/aromatic N) is 1. The van der Waals surface area contributed by atoms with E-state index >= 15 is 0 Å². The highest BCUT2D eigenvalue weighted by Crippen LogP contribution is 2.29. The summed E-state index contributed by atoms with van der Waals surface area (Å²) in [6.45, 7) is 2.14. The number of rotatable bonds is 2. The van der Waals surface area contributed by atoms with Crippen molar-refractivity contribution in [2.45, 2.75) is 13.3 Å². The van der Waals surface area contributed by atoms with Gasteiger partial charge in [-0.15, -0.1) is 0 Å². The topological polar surface area (TPSA) is 52.0 Å². The third-order valence-electron chi connectivity index (χ3n) is 3.13. The first-order valence-electron chi connectivity index (χ1n) is 6.02. The predicted molar refractivity (Wildman–Crippen MR) is 73.2 cm³/mol. The van der Waals surface area contributed by atoms with E-state index in [1.165, 1.54) is 5.56 Å². The van der Waals surface area contributed by atoms with Crippen LogP contribution >= 0.6 is 0 Å². The Hall–Kier alpha value is -2.29. The van der Waals surface area contributed by atoms with Crippen molar-refractivity contribution in [2.24, 2.45) is 0 Å². The van der Waals surface area contributed by atoms with Crippen LogP contribution in [0.5, 0.6) is 0 Å². The summed E-state index contributed by atoms with van der Waals surface area (Å²) >= 11 is 0. The summed E-state index contributed by atoms with van der Waals surface area (Å²) in [6, 6.07) is 13.9. The summed E-state index contributed by atoms with van der Waals surface area (Å²) in [4.78, 5) is 0. The van der Waals surface area contributed by atoms with Gasteiger partial charge < -0.3 is 10.3 Å². The van der Waals surface area contributed by atoms with Gasteiger partial charge in [0.05, 0.1) is 0 Å². The summed E-state index contributed by atoms with van der Waals surface area (Å²) in [5, 5.41) is 5.21. The van der Waals surface area contributed by atoms with Gasteiger partial charge in [0, 0.05) is 16.6 Å². The SMILES string of the molecule is CCc1ccc2onc(-c3ccc(N)cc3)c2c1. The van der Waals surface area contributed by atoms with Gasteiger partial charge in [-0.2, -0.15) is 0 Å². The Morgan fingerprint density at radius 2 is 1.89 bits per heavy atom. The van der Waals surface area contributed by atoms with Crippen LogP contribution < -0.4 is 5.73 Å². The zero-order valence-corrected chi connectivity index (χ0v) is 10.2. The molecule has 0 unspecified atom stereocenters. The van der Waals surface area contributed by atoms with Crippen LogP contribution in [0.15, 0.2) is 47.0 Å². The average Bonchev–Trinajstić information content (AvgIpc) is 2.82. The van der Waals surface area contributed by atoms with Crippen molar-refractivity contribution in [2.75, 3.05) is 5.73 Å². The minimum absolute atomic E-state index is 0.751. The molecule has 0 bridgehead atoms. The van der Waals surface area contributed by atoms with Crippen molar-refractivity contribution in [3.63, 3.8) is 0 Å². The molecule has 0 spiro atoms. The lowest BCUT2D eigenvalue weighted by Gasteiger charge is -1.99. The van der Waals surface area contributed by atoms with Crippen LogP contribution in [-0.4, -0.2) is 5.16 Å². The van der Waals surface area contributed by atoms with Crippen molar-refractivity contribution in [1.82, 2.24) is 5.16 Å². The summed E-state index contributed by atoms with van der Waals surface area (Å²) < 4.78 is 5.35. The van der Waals surface area contributed by atoms with E-state index in [2.05, 4.69) is 24.2 Å². The van der Waals surface area contributed by atoms with Crippen molar-refractivity contribution >= 4 is 16.7 Å². The molecule has 0 atom stereocenters. The van der Waals surface area contributed by atoms with Gasteiger partial charge >= 0.3 is 0 Å². The second-order valence-corrected chi connectivity index (χ2v) is 4.34. The fourth-order valence-electron chi connectivity index (χ4n) is 2.05. The standard InChI is InChI=1S/C15H14N2O/c1-2-10-3-8-14-13(9-10)15(17-18-14)11-4-6-12(16)7-5-11/h3-9H,2,16H2,1H3. The highest BCUT2D eigenvalue weighted by Gasteiger charge is 2.10. The minimum Gasteiger partial charge on any atom is -0.399 e. The van der Waals surface area contributed by atoms with Crippen LogP contribution in [0.2, 0.25) is 0 Å². The molecule has 18 heavy (non-hydrogen) atoms. The number of nitrogens with two attached hydrogens (primary N) is 1. The lowest BCUT2D eigenvalue weighted by molar-refractivity contribution is 0.459. The van der Waals surface area contributed by atoms with Crippen molar-refractivity contribution in [3.05, 3.63) is 48.0 Å². The van der Waals surface area contributed by atoms with Crippen molar-refractivity contribution in [3.8, 4) is 11.3 Å². The minimum atomic E-state index is 0.751. The number of hydrogen-bond acceptors (Lipinski definition) is 3. The number of anilines is 1. The molecule has 0 fully saturated rings. The van der Waals surface area contributed by atoms with Crippen LogP contribution in [-0.2, 0) is 6.42 Å². The van der Waals surface area contributed by atoms with Gasteiger partial charge in [-0.25, -0.2) is 0 Å². The van der Waals surface area contributed by atoms with E-state index in [9.17, 15) is 0 Å². The predicted octanol–water partition coefficient (Wildman–Crippen LogP) is 3.64. The molecule has 1 aromatic heterocycles. The molecule has 1 heterocycles. The number of fused-ring (bicyclic) bond motifs is 1. The molecule has 90 valence electrons. The Labute approximate surface area is 105 Å². The van der Waals surface area contributed by atoms with Gasteiger partial charge in [0.25, 0.3) is 0 Å². The Balaban J connectivity index is 2.19. The molecule has 0 amide bonds. The Morgan fingerprint density at radius 1 is 1.11 bits per heavy atom. The van der Waals surface area contributed by atoms with Gasteiger partial charge in [-0.05, 0) is 36.2 Å². The number of nitrogen functional groups attached to an aromatic ring is 1. The van der Waals surface area contributed by atoms with Crippen molar-refractivity contribution in [1.29, 1.82) is 0 Å². The van der Waals surface area contributed by atoms with E-state index in [0.29, 0.717) is 0 Å². The second kappa shape index (κ2) is 4.18. The maximum absolute atomic E-state index is 5.69. The number of aromatic nitrogens is 1. The highest BCUT2D eigenvalue weighted by molar-refractivity contribution is 5.92. The molecule has 3 aromatic rings. The monoisotopic (exact) mass is 238 g/mol. The normalized spacial score (nSPS) is 10.9. The lowest BCUT2D eigenvalue weighted by Crippen LogP contribution is -1.85. The van der Waals surface area contributed by atoms with Gasteiger partial charge in [0.2, 0.25) is 0 Å². The first-order valence-corrected chi connectivity index (χ1v) is 6.02. The van der Waals surface area contributed by atoms with E-state index in [-0.39, 0.29) is 0 Å². The zero-order chi connectivity index (χ0) is 12.5. The Morgan fingerprint density at radius 3 is 2.61 bits per heavy atom. The first-order chi connectivity index (χ1) is 8.78. The zero-order valence-electron chi connectivity index (χ0n) is 10.2. The van der Waals surface area contributed by atoms with E-state index in [1.54, 1.807) is 0 Å². The van der Waals surface area contributed by atoms with Gasteiger partial charge in [0.1, 0.15) is 5.69 Å². The van der Waals surface area contributed by atoms with Crippen LogP contribution in [0.3, 0.4) is 0 Å². The van der Waals surface area contributed by atoms with Crippen molar-refractivity contribution < 1.29 is 4.52 Å². The molecule has 3 nitrogen and oxygen atoms in total. The molecule has 0 saturated carbocycles. The first kappa shape index (κ1) is 10.8. The van der Waals surface area contributed by atoms with E-state index in [4.69, 9.17) is 10.3 Å². The summed E-state index contributed by atoms with van der Waals surface area (Å²) in [7, 11) is 0. The maximum atomic E-state index is 5.69. The third-order valence-corrected chi connectivity index (χ3v) is 3.13. The van der Waals surface area contributed by atoms with Crippen LogP contribution in [0.25, 0.3) is 22.2 Å². The number of benzene rings is 2. The summed E-state index contributed by atoms with van der Waals surface area (Å²) in [6.07, 6.45) is 1.00. The fourth-order valence-corrected chi connectivity index (χ4v) is 2.05. The molecule has 0 aliphatic carbocycles. The molecule has 3 heteroatoms. The fraction of sp³-hybridized carbons (Fsp3) is 0.133. The van der Waals surface area contributed by atoms with E-state index in [0.717, 1.165) is 34.3 Å².